The van der Waals surface area contributed by atoms with Crippen LogP contribution in [0.3, 0.4) is 0 Å². The first-order valence-corrected chi connectivity index (χ1v) is 6.46. The molecule has 3 nitrogen and oxygen atoms in total. The van der Waals surface area contributed by atoms with E-state index in [1.807, 2.05) is 0 Å². The normalized spacial score (nSPS) is 10.4. The van der Waals surface area contributed by atoms with E-state index in [2.05, 4.69) is 9.72 Å². The van der Waals surface area contributed by atoms with E-state index in [9.17, 15) is 9.18 Å². The highest BCUT2D eigenvalue weighted by molar-refractivity contribution is 6.45. The van der Waals surface area contributed by atoms with E-state index in [1.165, 1.54) is 25.4 Å². The highest BCUT2D eigenvalue weighted by Gasteiger charge is 2.17. The van der Waals surface area contributed by atoms with Crippen molar-refractivity contribution >= 4 is 40.8 Å². The standard InChI is InChI=1S/C13H7Cl3FNO2/c1-20-13(19)6-2-10(17)12(18-5-6)8-3-7(14)4-9(15)11(8)16/h2-5H,1H3. The third-order valence-electron chi connectivity index (χ3n) is 2.51. The second-order valence-corrected chi connectivity index (χ2v) is 5.02. The minimum absolute atomic E-state index is 0.00185. The fourth-order valence-corrected chi connectivity index (χ4v) is 2.29. The maximum Gasteiger partial charge on any atom is 0.339 e. The van der Waals surface area contributed by atoms with Crippen molar-refractivity contribution < 1.29 is 13.9 Å². The summed E-state index contributed by atoms with van der Waals surface area (Å²) in [6.45, 7) is 0. The maximum absolute atomic E-state index is 14.1. The zero-order valence-electron chi connectivity index (χ0n) is 10.1. The van der Waals surface area contributed by atoms with E-state index in [0.29, 0.717) is 5.02 Å². The quantitative estimate of drug-likeness (QED) is 0.593. The summed E-state index contributed by atoms with van der Waals surface area (Å²) < 4.78 is 18.5. The number of nitrogens with zero attached hydrogens (tertiary/aromatic N) is 1. The molecule has 0 saturated heterocycles. The second-order valence-electron chi connectivity index (χ2n) is 3.80. The molecular formula is C13H7Cl3FNO2. The summed E-state index contributed by atoms with van der Waals surface area (Å²) in [7, 11) is 1.20. The molecule has 0 aliphatic carbocycles. The van der Waals surface area contributed by atoms with Crippen LogP contribution >= 0.6 is 34.8 Å². The van der Waals surface area contributed by atoms with Gasteiger partial charge in [-0.2, -0.15) is 0 Å². The maximum atomic E-state index is 14.1. The Labute approximate surface area is 129 Å². The van der Waals surface area contributed by atoms with Gasteiger partial charge >= 0.3 is 5.97 Å². The van der Waals surface area contributed by atoms with Crippen LogP contribution in [0, 0.1) is 5.82 Å². The summed E-state index contributed by atoms with van der Waals surface area (Å²) in [4.78, 5) is 15.2. The van der Waals surface area contributed by atoms with Crippen LogP contribution in [0.2, 0.25) is 15.1 Å². The molecule has 0 aliphatic rings. The lowest BCUT2D eigenvalue weighted by Crippen LogP contribution is -2.03. The number of ether oxygens (including phenoxy) is 1. The largest absolute Gasteiger partial charge is 0.465 e. The summed E-state index contributed by atoms with van der Waals surface area (Å²) >= 11 is 17.8. The number of carbonyl (C=O) groups is 1. The van der Waals surface area contributed by atoms with E-state index in [-0.39, 0.29) is 26.9 Å². The zero-order valence-corrected chi connectivity index (χ0v) is 12.4. The zero-order chi connectivity index (χ0) is 14.9. The fraction of sp³-hybridized carbons (Fsp3) is 0.0769. The molecule has 104 valence electrons. The van der Waals surface area contributed by atoms with Gasteiger partial charge in [0.2, 0.25) is 0 Å². The Morgan fingerprint density at radius 3 is 2.55 bits per heavy atom. The molecule has 0 N–H and O–H groups in total. The number of rotatable bonds is 2. The van der Waals surface area contributed by atoms with Gasteiger partial charge in [-0.1, -0.05) is 34.8 Å². The van der Waals surface area contributed by atoms with Gasteiger partial charge in [0.25, 0.3) is 0 Å². The van der Waals surface area contributed by atoms with E-state index < -0.39 is 11.8 Å². The van der Waals surface area contributed by atoms with Gasteiger partial charge in [0.1, 0.15) is 11.5 Å². The molecule has 0 bridgehead atoms. The highest BCUT2D eigenvalue weighted by Crippen LogP contribution is 2.36. The smallest absolute Gasteiger partial charge is 0.339 e. The van der Waals surface area contributed by atoms with Crippen molar-refractivity contribution in [2.45, 2.75) is 0 Å². The predicted octanol–water partition coefficient (Wildman–Crippen LogP) is 4.63. The van der Waals surface area contributed by atoms with Gasteiger partial charge in [-0.05, 0) is 18.2 Å². The molecule has 2 rings (SSSR count). The average Bonchev–Trinajstić information content (AvgIpc) is 2.42. The number of methoxy groups -OCH3 is 1. The van der Waals surface area contributed by atoms with Crippen molar-refractivity contribution in [2.24, 2.45) is 0 Å². The number of pyridine rings is 1. The van der Waals surface area contributed by atoms with Gasteiger partial charge in [-0.25, -0.2) is 9.18 Å². The van der Waals surface area contributed by atoms with Crippen LogP contribution in [-0.4, -0.2) is 18.1 Å². The number of aromatic nitrogens is 1. The Morgan fingerprint density at radius 1 is 1.25 bits per heavy atom. The van der Waals surface area contributed by atoms with Crippen molar-refractivity contribution in [3.8, 4) is 11.3 Å². The van der Waals surface area contributed by atoms with Crippen molar-refractivity contribution in [3.63, 3.8) is 0 Å². The molecule has 20 heavy (non-hydrogen) atoms. The Morgan fingerprint density at radius 2 is 1.95 bits per heavy atom. The lowest BCUT2D eigenvalue weighted by Gasteiger charge is -2.08. The number of esters is 1. The average molecular weight is 335 g/mol. The number of benzene rings is 1. The molecule has 0 saturated carbocycles. The highest BCUT2D eigenvalue weighted by atomic mass is 35.5. The molecule has 0 spiro atoms. The molecule has 0 unspecified atom stereocenters. The van der Waals surface area contributed by atoms with Crippen LogP contribution in [-0.2, 0) is 4.74 Å². The Balaban J connectivity index is 2.57. The fourth-order valence-electron chi connectivity index (χ4n) is 1.59. The molecule has 0 amide bonds. The summed E-state index contributed by atoms with van der Waals surface area (Å²) in [5.41, 5.74) is 0.197. The molecule has 0 fully saturated rings. The summed E-state index contributed by atoms with van der Waals surface area (Å²) in [6.07, 6.45) is 1.19. The lowest BCUT2D eigenvalue weighted by molar-refractivity contribution is 0.0599. The SMILES string of the molecule is COC(=O)c1cnc(-c2cc(Cl)cc(Cl)c2Cl)c(F)c1. The number of carbonyl (C=O) groups excluding carboxylic acids is 1. The van der Waals surface area contributed by atoms with Crippen LogP contribution in [0.15, 0.2) is 24.4 Å². The number of hydrogen-bond donors (Lipinski definition) is 0. The topological polar surface area (TPSA) is 39.2 Å². The van der Waals surface area contributed by atoms with Crippen LogP contribution in [0.1, 0.15) is 10.4 Å². The van der Waals surface area contributed by atoms with Gasteiger partial charge in [0, 0.05) is 16.8 Å². The molecule has 7 heteroatoms. The Bertz CT molecular complexity index is 692. The monoisotopic (exact) mass is 333 g/mol. The first-order chi connectivity index (χ1) is 9.43. The van der Waals surface area contributed by atoms with E-state index in [1.54, 1.807) is 0 Å². The lowest BCUT2D eigenvalue weighted by atomic mass is 10.1. The molecule has 0 atom stereocenters. The van der Waals surface area contributed by atoms with Crippen molar-refractivity contribution in [1.29, 1.82) is 0 Å². The Hall–Kier alpha value is -1.36. The molecule has 1 aromatic heterocycles. The molecule has 1 heterocycles. The van der Waals surface area contributed by atoms with Crippen molar-refractivity contribution in [3.05, 3.63) is 50.8 Å². The minimum atomic E-state index is -0.729. The van der Waals surface area contributed by atoms with Gasteiger partial charge in [-0.15, -0.1) is 0 Å². The van der Waals surface area contributed by atoms with Gasteiger partial charge in [0.05, 0.1) is 22.7 Å². The molecule has 0 radical (unpaired) electrons. The number of hydrogen-bond acceptors (Lipinski definition) is 3. The molecular weight excluding hydrogens is 328 g/mol. The van der Waals surface area contributed by atoms with Crippen molar-refractivity contribution in [2.75, 3.05) is 7.11 Å². The first kappa shape index (κ1) is 15.0. The van der Waals surface area contributed by atoms with Gasteiger partial charge < -0.3 is 4.74 Å². The van der Waals surface area contributed by atoms with E-state index in [0.717, 1.165) is 6.07 Å². The van der Waals surface area contributed by atoms with Crippen LogP contribution in [0.4, 0.5) is 4.39 Å². The second kappa shape index (κ2) is 5.95. The summed E-state index contributed by atoms with van der Waals surface area (Å²) in [5.74, 6) is -1.41. The molecule has 2 aromatic rings. The van der Waals surface area contributed by atoms with Crippen LogP contribution < -0.4 is 0 Å². The molecule has 0 aliphatic heterocycles. The summed E-state index contributed by atoms with van der Waals surface area (Å²) in [5, 5.41) is 0.619. The van der Waals surface area contributed by atoms with Crippen LogP contribution in [0.5, 0.6) is 0 Å². The third kappa shape index (κ3) is 2.87. The van der Waals surface area contributed by atoms with Gasteiger partial charge in [-0.3, -0.25) is 4.98 Å². The summed E-state index contributed by atoms with van der Waals surface area (Å²) in [6, 6.07) is 3.90. The van der Waals surface area contributed by atoms with Crippen LogP contribution in [0.25, 0.3) is 11.3 Å². The minimum Gasteiger partial charge on any atom is -0.465 e. The number of halogens is 4. The Kier molecular flexibility index (Phi) is 4.48. The third-order valence-corrected chi connectivity index (χ3v) is 3.53. The van der Waals surface area contributed by atoms with E-state index in [4.69, 9.17) is 34.8 Å². The van der Waals surface area contributed by atoms with Gasteiger partial charge in [0.15, 0.2) is 0 Å². The first-order valence-electron chi connectivity index (χ1n) is 5.32. The molecule has 1 aromatic carbocycles. The van der Waals surface area contributed by atoms with Crippen molar-refractivity contribution in [1.82, 2.24) is 4.98 Å². The van der Waals surface area contributed by atoms with E-state index >= 15 is 0 Å². The predicted molar refractivity (Wildman–Crippen MR) is 76.0 cm³/mol.